The minimum atomic E-state index is 1.20. The SMILES string of the molecule is c1ccc2c(c1)sc1c2c2c3ccccc3sc2n1-c1ccc2sc3ccc(-n4c5ccccc5c5ccccc54)cc3c2c1. The van der Waals surface area contributed by atoms with Crippen molar-refractivity contribution in [3.05, 3.63) is 133 Å². The molecule has 11 rings (SSSR count). The molecule has 45 heavy (non-hydrogen) atoms. The normalized spacial score (nSPS) is 12.4. The van der Waals surface area contributed by atoms with Gasteiger partial charge in [0.15, 0.2) is 0 Å². The number of para-hydroxylation sites is 2. The van der Waals surface area contributed by atoms with Crippen molar-refractivity contribution < 1.29 is 0 Å². The molecule has 0 radical (unpaired) electrons. The van der Waals surface area contributed by atoms with Crippen LogP contribution in [0.2, 0.25) is 0 Å². The summed E-state index contributed by atoms with van der Waals surface area (Å²) in [5.41, 5.74) is 4.90. The molecule has 5 heteroatoms. The fourth-order valence-electron chi connectivity index (χ4n) is 7.42. The van der Waals surface area contributed by atoms with Gasteiger partial charge in [-0.25, -0.2) is 0 Å². The topological polar surface area (TPSA) is 9.86 Å². The molecular weight excluding hydrogens is 605 g/mol. The van der Waals surface area contributed by atoms with Gasteiger partial charge in [0, 0.05) is 73.3 Å². The van der Waals surface area contributed by atoms with E-state index in [0.717, 1.165) is 0 Å². The number of aromatic nitrogens is 2. The largest absolute Gasteiger partial charge is 0.309 e. The van der Waals surface area contributed by atoms with E-state index in [1.165, 1.54) is 94.0 Å². The van der Waals surface area contributed by atoms with Crippen LogP contribution >= 0.6 is 34.0 Å². The first-order valence-electron chi connectivity index (χ1n) is 15.1. The zero-order valence-electron chi connectivity index (χ0n) is 23.8. The van der Waals surface area contributed by atoms with Crippen LogP contribution < -0.4 is 0 Å². The van der Waals surface area contributed by atoms with Crippen LogP contribution in [-0.4, -0.2) is 9.13 Å². The Morgan fingerprint density at radius 3 is 1.29 bits per heavy atom. The Kier molecular flexibility index (Phi) is 4.78. The molecule has 0 aliphatic heterocycles. The minimum absolute atomic E-state index is 1.20. The van der Waals surface area contributed by atoms with Crippen molar-refractivity contribution >= 4 is 117 Å². The molecule has 5 heterocycles. The number of fused-ring (bicyclic) bond motifs is 13. The molecule has 0 bridgehead atoms. The Labute approximate surface area is 269 Å². The number of hydrogen-bond acceptors (Lipinski definition) is 3. The molecular formula is C40H22N2S3. The number of nitrogens with zero attached hydrogens (tertiary/aromatic N) is 2. The maximum atomic E-state index is 2.53. The van der Waals surface area contributed by atoms with E-state index in [9.17, 15) is 0 Å². The van der Waals surface area contributed by atoms with Crippen LogP contribution in [0.4, 0.5) is 0 Å². The summed E-state index contributed by atoms with van der Waals surface area (Å²) in [5, 5.41) is 10.7. The lowest BCUT2D eigenvalue weighted by Crippen LogP contribution is -1.93. The summed E-state index contributed by atoms with van der Waals surface area (Å²) in [6.45, 7) is 0. The van der Waals surface area contributed by atoms with Gasteiger partial charge in [-0.15, -0.1) is 34.0 Å². The van der Waals surface area contributed by atoms with Gasteiger partial charge in [-0.2, -0.15) is 0 Å². The Balaban J connectivity index is 1.20. The lowest BCUT2D eigenvalue weighted by molar-refractivity contribution is 1.19. The smallest absolute Gasteiger partial charge is 0.110 e. The Morgan fingerprint density at radius 2 is 0.756 bits per heavy atom. The molecule has 0 aliphatic rings. The Morgan fingerprint density at radius 1 is 0.333 bits per heavy atom. The molecule has 0 saturated heterocycles. The van der Waals surface area contributed by atoms with E-state index in [-0.39, 0.29) is 0 Å². The molecule has 0 spiro atoms. The van der Waals surface area contributed by atoms with Gasteiger partial charge in [0.1, 0.15) is 9.66 Å². The summed E-state index contributed by atoms with van der Waals surface area (Å²) >= 11 is 5.69. The van der Waals surface area contributed by atoms with E-state index in [2.05, 4.69) is 143 Å². The third kappa shape index (κ3) is 3.22. The average Bonchev–Trinajstić information content (AvgIpc) is 3.87. The quantitative estimate of drug-likeness (QED) is 0.181. The van der Waals surface area contributed by atoms with Crippen LogP contribution in [-0.2, 0) is 0 Å². The molecule has 0 unspecified atom stereocenters. The third-order valence-electron chi connectivity index (χ3n) is 9.34. The molecule has 6 aromatic carbocycles. The Bertz CT molecular complexity index is 2860. The van der Waals surface area contributed by atoms with Crippen molar-refractivity contribution in [2.45, 2.75) is 0 Å². The summed E-state index contributed by atoms with van der Waals surface area (Å²) < 4.78 is 10.3. The van der Waals surface area contributed by atoms with Crippen molar-refractivity contribution in [2.75, 3.05) is 0 Å². The van der Waals surface area contributed by atoms with Gasteiger partial charge < -0.3 is 4.57 Å². The van der Waals surface area contributed by atoms with Crippen LogP contribution in [0.15, 0.2) is 133 Å². The average molecular weight is 627 g/mol. The van der Waals surface area contributed by atoms with Gasteiger partial charge in [-0.05, 0) is 60.7 Å². The van der Waals surface area contributed by atoms with Gasteiger partial charge in [-0.1, -0.05) is 72.8 Å². The first-order chi connectivity index (χ1) is 22.3. The zero-order valence-corrected chi connectivity index (χ0v) is 26.3. The monoisotopic (exact) mass is 626 g/mol. The first-order valence-corrected chi connectivity index (χ1v) is 17.6. The van der Waals surface area contributed by atoms with Gasteiger partial charge in [-0.3, -0.25) is 4.57 Å². The van der Waals surface area contributed by atoms with Crippen molar-refractivity contribution in [1.82, 2.24) is 9.13 Å². The van der Waals surface area contributed by atoms with E-state index < -0.39 is 0 Å². The molecule has 0 aliphatic carbocycles. The maximum Gasteiger partial charge on any atom is 0.110 e. The molecule has 2 nitrogen and oxygen atoms in total. The lowest BCUT2D eigenvalue weighted by atomic mass is 10.1. The lowest BCUT2D eigenvalue weighted by Gasteiger charge is -2.09. The second kappa shape index (κ2) is 8.83. The van der Waals surface area contributed by atoms with Crippen molar-refractivity contribution in [1.29, 1.82) is 0 Å². The standard InChI is InChI=1S/C40H22N2S3/c1-5-13-31-25(9-1)26-10-2-6-14-32(26)41(31)23-17-19-35-29(21-23)30-22-24(18-20-36(30)43-35)42-39-37(27-11-3-7-15-33(27)44-39)38-28-12-4-8-16-34(28)45-40(38)42/h1-22H. The van der Waals surface area contributed by atoms with E-state index in [1.807, 2.05) is 34.0 Å². The maximum absolute atomic E-state index is 2.53. The summed E-state index contributed by atoms with van der Waals surface area (Å²) in [6, 6.07) is 49.3. The zero-order chi connectivity index (χ0) is 29.2. The van der Waals surface area contributed by atoms with Crippen molar-refractivity contribution in [3.63, 3.8) is 0 Å². The minimum Gasteiger partial charge on any atom is -0.309 e. The van der Waals surface area contributed by atoms with Gasteiger partial charge in [0.2, 0.25) is 0 Å². The highest BCUT2D eigenvalue weighted by molar-refractivity contribution is 7.28. The highest BCUT2D eigenvalue weighted by Crippen LogP contribution is 2.48. The molecule has 210 valence electrons. The van der Waals surface area contributed by atoms with Crippen LogP contribution in [0.3, 0.4) is 0 Å². The number of hydrogen-bond donors (Lipinski definition) is 0. The van der Waals surface area contributed by atoms with E-state index in [4.69, 9.17) is 0 Å². The Hall–Kier alpha value is -4.94. The van der Waals surface area contributed by atoms with E-state index >= 15 is 0 Å². The molecule has 0 amide bonds. The van der Waals surface area contributed by atoms with E-state index in [1.54, 1.807) is 0 Å². The molecule has 11 aromatic rings. The summed E-state index contributed by atoms with van der Waals surface area (Å²) in [4.78, 5) is 2.65. The number of thiophene rings is 3. The second-order valence-corrected chi connectivity index (χ2v) is 14.9. The third-order valence-corrected chi connectivity index (χ3v) is 12.8. The fraction of sp³-hybridized carbons (Fsp3) is 0. The molecule has 0 saturated carbocycles. The van der Waals surface area contributed by atoms with E-state index in [0.29, 0.717) is 0 Å². The van der Waals surface area contributed by atoms with Crippen molar-refractivity contribution in [2.24, 2.45) is 0 Å². The molecule has 0 N–H and O–H groups in total. The van der Waals surface area contributed by atoms with Gasteiger partial charge in [0.05, 0.1) is 11.0 Å². The van der Waals surface area contributed by atoms with Crippen LogP contribution in [0.5, 0.6) is 0 Å². The van der Waals surface area contributed by atoms with Crippen LogP contribution in [0, 0.1) is 0 Å². The molecule has 0 fully saturated rings. The predicted molar refractivity (Wildman–Crippen MR) is 199 cm³/mol. The summed E-state index contributed by atoms with van der Waals surface area (Å²) in [7, 11) is 0. The predicted octanol–water partition coefficient (Wildman–Crippen LogP) is 12.7. The fourth-order valence-corrected chi connectivity index (χ4v) is 11.0. The number of benzene rings is 6. The first kappa shape index (κ1) is 24.4. The van der Waals surface area contributed by atoms with Gasteiger partial charge >= 0.3 is 0 Å². The number of rotatable bonds is 2. The molecule has 0 atom stereocenters. The highest BCUT2D eigenvalue weighted by atomic mass is 32.1. The highest BCUT2D eigenvalue weighted by Gasteiger charge is 2.22. The second-order valence-electron chi connectivity index (χ2n) is 11.7. The molecule has 5 aromatic heterocycles. The van der Waals surface area contributed by atoms with Crippen LogP contribution in [0.25, 0.3) is 94.0 Å². The van der Waals surface area contributed by atoms with Crippen molar-refractivity contribution in [3.8, 4) is 11.4 Å². The van der Waals surface area contributed by atoms with Crippen LogP contribution in [0.1, 0.15) is 0 Å². The van der Waals surface area contributed by atoms with Gasteiger partial charge in [0.25, 0.3) is 0 Å². The summed E-state index contributed by atoms with van der Waals surface area (Å²) in [6.07, 6.45) is 0. The summed E-state index contributed by atoms with van der Waals surface area (Å²) in [5.74, 6) is 0.